The van der Waals surface area contributed by atoms with E-state index < -0.39 is 15.9 Å². The first-order valence-corrected chi connectivity index (χ1v) is 9.37. The number of rotatable bonds is 6. The number of carbonyl (C=O) groups excluding carboxylic acids is 1. The van der Waals surface area contributed by atoms with Crippen LogP contribution in [-0.4, -0.2) is 36.7 Å². The molecular weight excluding hydrogens is 350 g/mol. The molecule has 0 saturated heterocycles. The molecule has 0 bridgehead atoms. The number of anilines is 1. The van der Waals surface area contributed by atoms with Crippen molar-refractivity contribution in [3.05, 3.63) is 46.7 Å². The lowest BCUT2D eigenvalue weighted by Crippen LogP contribution is -2.30. The fraction of sp³-hybridized carbons (Fsp3) is 0.312. The van der Waals surface area contributed by atoms with Gasteiger partial charge in [0.05, 0.1) is 0 Å². The SMILES string of the molecule is CCN(CC)S(=O)(=O)c1c[nH]c(C(=O)Nc2ccc(Cl)cc2C)c1. The van der Waals surface area contributed by atoms with Crippen molar-refractivity contribution in [3.63, 3.8) is 0 Å². The molecule has 0 spiro atoms. The maximum Gasteiger partial charge on any atom is 0.272 e. The smallest absolute Gasteiger partial charge is 0.272 e. The highest BCUT2D eigenvalue weighted by Gasteiger charge is 2.24. The zero-order chi connectivity index (χ0) is 17.9. The van der Waals surface area contributed by atoms with Crippen LogP contribution in [0, 0.1) is 6.92 Å². The topological polar surface area (TPSA) is 82.3 Å². The number of aromatic amines is 1. The van der Waals surface area contributed by atoms with Gasteiger partial charge in [-0.1, -0.05) is 25.4 Å². The zero-order valence-electron chi connectivity index (χ0n) is 13.8. The highest BCUT2D eigenvalue weighted by Crippen LogP contribution is 2.21. The van der Waals surface area contributed by atoms with Crippen molar-refractivity contribution in [2.45, 2.75) is 25.7 Å². The highest BCUT2D eigenvalue weighted by molar-refractivity contribution is 7.89. The third-order valence-corrected chi connectivity index (χ3v) is 5.94. The van der Waals surface area contributed by atoms with E-state index in [0.717, 1.165) is 5.56 Å². The standard InChI is InChI=1S/C16H20ClN3O3S/c1-4-20(5-2)24(22,23)13-9-15(18-10-13)16(21)19-14-7-6-12(17)8-11(14)3/h6-10,18H,4-5H2,1-3H3,(H,19,21). The van der Waals surface area contributed by atoms with Gasteiger partial charge in [0.1, 0.15) is 10.6 Å². The normalized spacial score (nSPS) is 11.7. The number of hydrogen-bond acceptors (Lipinski definition) is 3. The van der Waals surface area contributed by atoms with Gasteiger partial charge in [0.15, 0.2) is 0 Å². The molecular formula is C16H20ClN3O3S. The molecule has 0 aliphatic heterocycles. The number of amides is 1. The van der Waals surface area contributed by atoms with E-state index >= 15 is 0 Å². The van der Waals surface area contributed by atoms with Crippen LogP contribution in [0.2, 0.25) is 5.02 Å². The van der Waals surface area contributed by atoms with Gasteiger partial charge >= 0.3 is 0 Å². The molecule has 0 radical (unpaired) electrons. The van der Waals surface area contributed by atoms with Crippen molar-refractivity contribution in [2.75, 3.05) is 18.4 Å². The van der Waals surface area contributed by atoms with E-state index in [1.54, 1.807) is 32.0 Å². The van der Waals surface area contributed by atoms with Crippen LogP contribution in [0.25, 0.3) is 0 Å². The third kappa shape index (κ3) is 3.80. The number of halogens is 1. The van der Waals surface area contributed by atoms with Crippen LogP contribution in [0.15, 0.2) is 35.4 Å². The van der Waals surface area contributed by atoms with E-state index in [1.807, 2.05) is 6.92 Å². The highest BCUT2D eigenvalue weighted by atomic mass is 35.5. The third-order valence-electron chi connectivity index (χ3n) is 3.68. The van der Waals surface area contributed by atoms with Crippen LogP contribution in [0.1, 0.15) is 29.9 Å². The van der Waals surface area contributed by atoms with Crippen LogP contribution in [-0.2, 0) is 10.0 Å². The van der Waals surface area contributed by atoms with Crippen molar-refractivity contribution in [1.82, 2.24) is 9.29 Å². The molecule has 2 aromatic rings. The minimum absolute atomic E-state index is 0.0733. The molecule has 6 nitrogen and oxygen atoms in total. The van der Waals surface area contributed by atoms with E-state index in [0.29, 0.717) is 23.8 Å². The Bertz CT molecular complexity index is 842. The van der Waals surface area contributed by atoms with Crippen LogP contribution in [0.4, 0.5) is 5.69 Å². The maximum atomic E-state index is 12.4. The largest absolute Gasteiger partial charge is 0.356 e. The number of nitrogens with one attached hydrogen (secondary N) is 2. The molecule has 1 heterocycles. The number of aryl methyl sites for hydroxylation is 1. The fourth-order valence-electron chi connectivity index (χ4n) is 2.32. The Morgan fingerprint density at radius 2 is 1.92 bits per heavy atom. The molecule has 130 valence electrons. The second-order valence-corrected chi connectivity index (χ2v) is 7.63. The monoisotopic (exact) mass is 369 g/mol. The molecule has 2 rings (SSSR count). The second-order valence-electron chi connectivity index (χ2n) is 5.25. The Hall–Kier alpha value is -1.83. The van der Waals surface area contributed by atoms with E-state index in [9.17, 15) is 13.2 Å². The van der Waals surface area contributed by atoms with Crippen LogP contribution < -0.4 is 5.32 Å². The molecule has 0 atom stereocenters. The molecule has 0 aliphatic rings. The van der Waals surface area contributed by atoms with E-state index in [-0.39, 0.29) is 10.6 Å². The Morgan fingerprint density at radius 1 is 1.25 bits per heavy atom. The van der Waals surface area contributed by atoms with Gasteiger partial charge in [0, 0.05) is 30.0 Å². The van der Waals surface area contributed by atoms with Gasteiger partial charge < -0.3 is 10.3 Å². The molecule has 1 amide bonds. The van der Waals surface area contributed by atoms with Crippen molar-refractivity contribution in [3.8, 4) is 0 Å². The van der Waals surface area contributed by atoms with Crippen LogP contribution in [0.3, 0.4) is 0 Å². The van der Waals surface area contributed by atoms with Gasteiger partial charge in [-0.3, -0.25) is 4.79 Å². The maximum absolute atomic E-state index is 12.4. The summed E-state index contributed by atoms with van der Waals surface area (Å²) in [6.07, 6.45) is 1.33. The number of hydrogen-bond donors (Lipinski definition) is 2. The molecule has 0 aliphatic carbocycles. The minimum Gasteiger partial charge on any atom is -0.356 e. The van der Waals surface area contributed by atoms with Crippen LogP contribution >= 0.6 is 11.6 Å². The van der Waals surface area contributed by atoms with E-state index in [2.05, 4.69) is 10.3 Å². The Kier molecular flexibility index (Phi) is 5.69. The van der Waals surface area contributed by atoms with Crippen molar-refractivity contribution in [1.29, 1.82) is 0 Å². The van der Waals surface area contributed by atoms with Crippen molar-refractivity contribution < 1.29 is 13.2 Å². The summed E-state index contributed by atoms with van der Waals surface area (Å²) >= 11 is 5.89. The summed E-state index contributed by atoms with van der Waals surface area (Å²) < 4.78 is 26.2. The summed E-state index contributed by atoms with van der Waals surface area (Å²) in [6, 6.07) is 6.46. The van der Waals surface area contributed by atoms with E-state index in [1.165, 1.54) is 16.6 Å². The molecule has 24 heavy (non-hydrogen) atoms. The number of carbonyl (C=O) groups is 1. The molecule has 1 aromatic heterocycles. The average molecular weight is 370 g/mol. The molecule has 0 fully saturated rings. The lowest BCUT2D eigenvalue weighted by molar-refractivity contribution is 0.102. The number of aromatic nitrogens is 1. The first-order valence-electron chi connectivity index (χ1n) is 7.55. The number of H-pyrrole nitrogens is 1. The van der Waals surface area contributed by atoms with Gasteiger partial charge in [-0.2, -0.15) is 4.31 Å². The predicted molar refractivity (Wildman–Crippen MR) is 95.0 cm³/mol. The summed E-state index contributed by atoms with van der Waals surface area (Å²) in [6.45, 7) is 6.10. The van der Waals surface area contributed by atoms with Crippen LogP contribution in [0.5, 0.6) is 0 Å². The lowest BCUT2D eigenvalue weighted by atomic mass is 10.2. The van der Waals surface area contributed by atoms with E-state index in [4.69, 9.17) is 11.6 Å². The fourth-order valence-corrected chi connectivity index (χ4v) is 4.00. The molecule has 1 aromatic carbocycles. The summed E-state index contributed by atoms with van der Waals surface area (Å²) in [5.41, 5.74) is 1.61. The van der Waals surface area contributed by atoms with Gasteiger partial charge in [0.2, 0.25) is 10.0 Å². The number of nitrogens with zero attached hydrogens (tertiary/aromatic N) is 1. The molecule has 2 N–H and O–H groups in total. The van der Waals surface area contributed by atoms with Gasteiger partial charge in [-0.05, 0) is 36.8 Å². The molecule has 8 heteroatoms. The predicted octanol–water partition coefficient (Wildman–Crippen LogP) is 3.26. The first kappa shape index (κ1) is 18.5. The summed E-state index contributed by atoms with van der Waals surface area (Å²) in [7, 11) is -3.60. The Balaban J connectivity index is 2.22. The minimum atomic E-state index is -3.60. The zero-order valence-corrected chi connectivity index (χ0v) is 15.3. The Labute approximate surface area is 146 Å². The van der Waals surface area contributed by atoms with Crippen molar-refractivity contribution in [2.24, 2.45) is 0 Å². The first-order chi connectivity index (χ1) is 11.3. The summed E-state index contributed by atoms with van der Waals surface area (Å²) in [4.78, 5) is 15.1. The molecule has 0 unspecified atom stereocenters. The number of benzene rings is 1. The number of sulfonamides is 1. The van der Waals surface area contributed by atoms with Gasteiger partial charge in [-0.15, -0.1) is 0 Å². The van der Waals surface area contributed by atoms with Gasteiger partial charge in [0.25, 0.3) is 5.91 Å². The Morgan fingerprint density at radius 3 is 2.50 bits per heavy atom. The van der Waals surface area contributed by atoms with Gasteiger partial charge in [-0.25, -0.2) is 8.42 Å². The lowest BCUT2D eigenvalue weighted by Gasteiger charge is -2.16. The summed E-state index contributed by atoms with van der Waals surface area (Å²) in [5, 5.41) is 3.32. The average Bonchev–Trinajstić information content (AvgIpc) is 3.02. The second kappa shape index (κ2) is 7.38. The quantitative estimate of drug-likeness (QED) is 0.819. The summed E-state index contributed by atoms with van der Waals surface area (Å²) in [5.74, 6) is -0.415. The van der Waals surface area contributed by atoms with Crippen molar-refractivity contribution >= 4 is 33.2 Å². The molecule has 0 saturated carbocycles.